The Labute approximate surface area is 156 Å². The molecule has 0 radical (unpaired) electrons. The van der Waals surface area contributed by atoms with Crippen LogP contribution in [0.1, 0.15) is 15.9 Å². The number of rotatable bonds is 6. The summed E-state index contributed by atoms with van der Waals surface area (Å²) in [6.45, 7) is 0. The second kappa shape index (κ2) is 8.24. The standard InChI is InChI=1S/C19H15N3O4S/c23-19(15-10-12-20-13-11-15)22-21-14-16-6-4-5-9-18(16)26-27(24,25)17-7-2-1-3-8-17/h1-14H,(H,22,23). The van der Waals surface area contributed by atoms with Crippen molar-refractivity contribution in [2.75, 3.05) is 0 Å². The topological polar surface area (TPSA) is 97.7 Å². The van der Waals surface area contributed by atoms with Crippen LogP contribution >= 0.6 is 0 Å². The molecular weight excluding hydrogens is 366 g/mol. The molecule has 27 heavy (non-hydrogen) atoms. The molecule has 3 aromatic rings. The Morgan fingerprint density at radius 1 is 0.963 bits per heavy atom. The number of carbonyl (C=O) groups excluding carboxylic acids is 1. The van der Waals surface area contributed by atoms with Crippen molar-refractivity contribution in [3.8, 4) is 5.75 Å². The number of benzene rings is 2. The van der Waals surface area contributed by atoms with Crippen molar-refractivity contribution in [3.05, 3.63) is 90.3 Å². The van der Waals surface area contributed by atoms with E-state index in [2.05, 4.69) is 15.5 Å². The maximum Gasteiger partial charge on any atom is 0.339 e. The Balaban J connectivity index is 1.75. The van der Waals surface area contributed by atoms with Gasteiger partial charge in [-0.3, -0.25) is 9.78 Å². The lowest BCUT2D eigenvalue weighted by Crippen LogP contribution is -2.17. The molecule has 0 unspecified atom stereocenters. The summed E-state index contributed by atoms with van der Waals surface area (Å²) >= 11 is 0. The van der Waals surface area contributed by atoms with Crippen LogP contribution in [0.5, 0.6) is 5.75 Å². The molecule has 0 saturated carbocycles. The van der Waals surface area contributed by atoms with Gasteiger partial charge in [-0.1, -0.05) is 30.3 Å². The van der Waals surface area contributed by atoms with Crippen molar-refractivity contribution in [3.63, 3.8) is 0 Å². The number of nitrogens with zero attached hydrogens (tertiary/aromatic N) is 2. The first-order chi connectivity index (χ1) is 13.1. The van der Waals surface area contributed by atoms with Gasteiger partial charge in [-0.05, 0) is 36.4 Å². The molecule has 0 aliphatic heterocycles. The molecule has 0 aliphatic rings. The SMILES string of the molecule is O=C(NN=Cc1ccccc1OS(=O)(=O)c1ccccc1)c1ccncc1. The van der Waals surface area contributed by atoms with Gasteiger partial charge in [0.05, 0.1) is 6.21 Å². The van der Waals surface area contributed by atoms with Crippen LogP contribution in [0, 0.1) is 0 Å². The number of carbonyl (C=O) groups is 1. The lowest BCUT2D eigenvalue weighted by atomic mass is 10.2. The second-order valence-corrected chi connectivity index (χ2v) is 6.87. The minimum Gasteiger partial charge on any atom is -0.378 e. The summed E-state index contributed by atoms with van der Waals surface area (Å²) in [5.41, 5.74) is 3.16. The molecule has 0 fully saturated rings. The van der Waals surface area contributed by atoms with Crippen molar-refractivity contribution < 1.29 is 17.4 Å². The number of hydrazone groups is 1. The van der Waals surface area contributed by atoms with Gasteiger partial charge in [-0.25, -0.2) is 5.43 Å². The highest BCUT2D eigenvalue weighted by molar-refractivity contribution is 7.87. The number of hydrogen-bond donors (Lipinski definition) is 1. The minimum atomic E-state index is -3.98. The van der Waals surface area contributed by atoms with Gasteiger partial charge in [-0.2, -0.15) is 13.5 Å². The molecular formula is C19H15N3O4S. The van der Waals surface area contributed by atoms with E-state index in [9.17, 15) is 13.2 Å². The minimum absolute atomic E-state index is 0.0442. The van der Waals surface area contributed by atoms with Gasteiger partial charge in [0.15, 0.2) is 5.75 Å². The van der Waals surface area contributed by atoms with E-state index in [0.717, 1.165) is 0 Å². The van der Waals surface area contributed by atoms with Crippen molar-refractivity contribution in [2.45, 2.75) is 4.90 Å². The van der Waals surface area contributed by atoms with E-state index < -0.39 is 16.0 Å². The predicted molar refractivity (Wildman–Crippen MR) is 100.0 cm³/mol. The molecule has 2 aromatic carbocycles. The van der Waals surface area contributed by atoms with E-state index in [1.165, 1.54) is 36.8 Å². The van der Waals surface area contributed by atoms with Crippen molar-refractivity contribution in [2.24, 2.45) is 5.10 Å². The molecule has 1 heterocycles. The number of aromatic nitrogens is 1. The largest absolute Gasteiger partial charge is 0.378 e. The number of nitrogens with one attached hydrogen (secondary N) is 1. The molecule has 7 nitrogen and oxygen atoms in total. The van der Waals surface area contributed by atoms with E-state index in [-0.39, 0.29) is 10.6 Å². The summed E-state index contributed by atoms with van der Waals surface area (Å²) in [6.07, 6.45) is 4.31. The number of pyridine rings is 1. The van der Waals surface area contributed by atoms with Gasteiger partial charge in [-0.15, -0.1) is 0 Å². The number of hydrogen-bond acceptors (Lipinski definition) is 6. The van der Waals surface area contributed by atoms with Crippen LogP contribution in [0.4, 0.5) is 0 Å². The van der Waals surface area contributed by atoms with Gasteiger partial charge >= 0.3 is 10.1 Å². The zero-order valence-corrected chi connectivity index (χ0v) is 14.8. The molecule has 1 N–H and O–H groups in total. The van der Waals surface area contributed by atoms with Gasteiger partial charge < -0.3 is 4.18 Å². The quantitative estimate of drug-likeness (QED) is 0.402. The molecule has 3 rings (SSSR count). The smallest absolute Gasteiger partial charge is 0.339 e. The highest BCUT2D eigenvalue weighted by atomic mass is 32.2. The molecule has 0 atom stereocenters. The van der Waals surface area contributed by atoms with Crippen molar-refractivity contribution in [1.82, 2.24) is 10.4 Å². The number of amides is 1. The highest BCUT2D eigenvalue weighted by Gasteiger charge is 2.17. The number of para-hydroxylation sites is 1. The molecule has 0 saturated heterocycles. The lowest BCUT2D eigenvalue weighted by Gasteiger charge is -2.09. The van der Waals surface area contributed by atoms with Crippen LogP contribution in [-0.4, -0.2) is 25.5 Å². The first-order valence-corrected chi connectivity index (χ1v) is 9.29. The zero-order chi connectivity index (χ0) is 19.1. The van der Waals surface area contributed by atoms with Crippen LogP contribution in [0.2, 0.25) is 0 Å². The second-order valence-electron chi connectivity index (χ2n) is 5.32. The Hall–Kier alpha value is -3.52. The zero-order valence-electron chi connectivity index (χ0n) is 14.0. The monoisotopic (exact) mass is 381 g/mol. The van der Waals surface area contributed by atoms with Gasteiger partial charge in [0.25, 0.3) is 5.91 Å². The summed E-state index contributed by atoms with van der Waals surface area (Å²) in [4.78, 5) is 15.8. The first kappa shape index (κ1) is 18.3. The van der Waals surface area contributed by atoms with Crippen LogP contribution in [0.3, 0.4) is 0 Å². The Morgan fingerprint density at radius 2 is 1.63 bits per heavy atom. The lowest BCUT2D eigenvalue weighted by molar-refractivity contribution is 0.0955. The van der Waals surface area contributed by atoms with Crippen LogP contribution in [0.15, 0.2) is 89.1 Å². The van der Waals surface area contributed by atoms with Crippen molar-refractivity contribution in [1.29, 1.82) is 0 Å². The predicted octanol–water partition coefficient (Wildman–Crippen LogP) is 2.61. The molecule has 8 heteroatoms. The summed E-state index contributed by atoms with van der Waals surface area (Å²) in [5.74, 6) is -0.313. The third kappa shape index (κ3) is 4.77. The summed E-state index contributed by atoms with van der Waals surface area (Å²) in [5, 5.41) is 3.86. The van der Waals surface area contributed by atoms with Crippen LogP contribution in [-0.2, 0) is 10.1 Å². The fourth-order valence-electron chi connectivity index (χ4n) is 2.14. The Kier molecular flexibility index (Phi) is 5.58. The third-order valence-corrected chi connectivity index (χ3v) is 4.71. The van der Waals surface area contributed by atoms with E-state index >= 15 is 0 Å². The molecule has 1 aromatic heterocycles. The van der Waals surface area contributed by atoms with E-state index in [4.69, 9.17) is 4.18 Å². The molecule has 0 aliphatic carbocycles. The maximum absolute atomic E-state index is 12.4. The van der Waals surface area contributed by atoms with Gasteiger partial charge in [0.2, 0.25) is 0 Å². The maximum atomic E-state index is 12.4. The van der Waals surface area contributed by atoms with Crippen molar-refractivity contribution >= 4 is 22.2 Å². The summed E-state index contributed by atoms with van der Waals surface area (Å²) in [6, 6.07) is 17.4. The molecule has 0 bridgehead atoms. The van der Waals surface area contributed by atoms with Gasteiger partial charge in [0.1, 0.15) is 4.90 Å². The average molecular weight is 381 g/mol. The fourth-order valence-corrected chi connectivity index (χ4v) is 3.12. The van der Waals surface area contributed by atoms with Gasteiger partial charge in [0, 0.05) is 23.5 Å². The van der Waals surface area contributed by atoms with E-state index in [1.54, 1.807) is 48.5 Å². The highest BCUT2D eigenvalue weighted by Crippen LogP contribution is 2.21. The normalized spacial score (nSPS) is 11.3. The van der Waals surface area contributed by atoms with E-state index in [1.807, 2.05) is 0 Å². The third-order valence-electron chi connectivity index (χ3n) is 3.46. The van der Waals surface area contributed by atoms with Crippen LogP contribution in [0.25, 0.3) is 0 Å². The first-order valence-electron chi connectivity index (χ1n) is 7.88. The summed E-state index contributed by atoms with van der Waals surface area (Å²) in [7, 11) is -3.98. The summed E-state index contributed by atoms with van der Waals surface area (Å²) < 4.78 is 30.0. The van der Waals surface area contributed by atoms with E-state index in [0.29, 0.717) is 11.1 Å². The Morgan fingerprint density at radius 3 is 2.37 bits per heavy atom. The Bertz CT molecular complexity index is 1050. The van der Waals surface area contributed by atoms with Crippen LogP contribution < -0.4 is 9.61 Å². The fraction of sp³-hybridized carbons (Fsp3) is 0. The molecule has 0 spiro atoms. The average Bonchev–Trinajstić information content (AvgIpc) is 2.70. The molecule has 1 amide bonds. The molecule has 136 valence electrons.